The summed E-state index contributed by atoms with van der Waals surface area (Å²) in [7, 11) is 1.30. The first kappa shape index (κ1) is 12.4. The molecule has 0 fully saturated rings. The summed E-state index contributed by atoms with van der Waals surface area (Å²) >= 11 is 0. The van der Waals surface area contributed by atoms with E-state index >= 15 is 0 Å². The number of carbonyl (C=O) groups excluding carboxylic acids is 2. The molecule has 0 saturated heterocycles. The number of benzene rings is 1. The quantitative estimate of drug-likeness (QED) is 0.606. The molecule has 0 spiro atoms. The minimum atomic E-state index is -0.688. The van der Waals surface area contributed by atoms with E-state index in [0.29, 0.717) is 12.0 Å². The number of hydrogen-bond donors (Lipinski definition) is 1. The average molecular weight is 221 g/mol. The molecular weight excluding hydrogens is 206 g/mol. The Hall–Kier alpha value is -1.68. The molecule has 0 aliphatic rings. The normalized spacial score (nSPS) is 11.9. The second kappa shape index (κ2) is 5.42. The van der Waals surface area contributed by atoms with Crippen molar-refractivity contribution in [3.05, 3.63) is 35.4 Å². The fraction of sp³-hybridized carbons (Fsp3) is 0.333. The molecule has 0 bridgehead atoms. The smallest absolute Gasteiger partial charge is 0.322 e. The molecule has 0 radical (unpaired) electrons. The zero-order chi connectivity index (χ0) is 12.1. The molecule has 0 heterocycles. The van der Waals surface area contributed by atoms with Crippen molar-refractivity contribution in [2.75, 3.05) is 7.11 Å². The van der Waals surface area contributed by atoms with Gasteiger partial charge in [-0.15, -0.1) is 0 Å². The number of hydrogen-bond acceptors (Lipinski definition) is 4. The van der Waals surface area contributed by atoms with Crippen molar-refractivity contribution in [1.82, 2.24) is 0 Å². The first-order valence-electron chi connectivity index (χ1n) is 4.98. The maximum absolute atomic E-state index is 11.2. The molecule has 4 nitrogen and oxygen atoms in total. The Bertz CT molecular complexity index is 401. The Morgan fingerprint density at radius 2 is 2.12 bits per heavy atom. The highest BCUT2D eigenvalue weighted by Crippen LogP contribution is 2.08. The molecule has 0 aliphatic carbocycles. The first-order chi connectivity index (χ1) is 7.54. The van der Waals surface area contributed by atoms with Crippen molar-refractivity contribution in [2.24, 2.45) is 5.73 Å². The third kappa shape index (κ3) is 3.17. The van der Waals surface area contributed by atoms with E-state index in [-0.39, 0.29) is 5.78 Å². The van der Waals surface area contributed by atoms with Crippen LogP contribution in [0.2, 0.25) is 0 Å². The zero-order valence-electron chi connectivity index (χ0n) is 9.40. The lowest BCUT2D eigenvalue weighted by Crippen LogP contribution is -2.33. The number of esters is 1. The number of nitrogens with two attached hydrogens (primary N) is 1. The van der Waals surface area contributed by atoms with Gasteiger partial charge < -0.3 is 10.5 Å². The van der Waals surface area contributed by atoms with Crippen molar-refractivity contribution < 1.29 is 14.3 Å². The Morgan fingerprint density at radius 3 is 2.69 bits per heavy atom. The number of Topliss-reactive ketones (excluding diaryl/α,β-unsaturated/α-hetero) is 1. The van der Waals surface area contributed by atoms with Gasteiger partial charge in [0, 0.05) is 5.56 Å². The number of rotatable bonds is 4. The van der Waals surface area contributed by atoms with Crippen molar-refractivity contribution in [3.63, 3.8) is 0 Å². The van der Waals surface area contributed by atoms with Crippen molar-refractivity contribution in [2.45, 2.75) is 19.4 Å². The van der Waals surface area contributed by atoms with Crippen LogP contribution in [0.4, 0.5) is 0 Å². The molecule has 0 unspecified atom stereocenters. The topological polar surface area (TPSA) is 69.4 Å². The van der Waals surface area contributed by atoms with E-state index in [9.17, 15) is 9.59 Å². The van der Waals surface area contributed by atoms with E-state index in [0.717, 1.165) is 5.56 Å². The van der Waals surface area contributed by atoms with Gasteiger partial charge in [-0.2, -0.15) is 0 Å². The van der Waals surface area contributed by atoms with Crippen LogP contribution in [0.3, 0.4) is 0 Å². The molecule has 1 rings (SSSR count). The third-order valence-corrected chi connectivity index (χ3v) is 2.29. The zero-order valence-corrected chi connectivity index (χ0v) is 9.40. The van der Waals surface area contributed by atoms with Gasteiger partial charge in [-0.25, -0.2) is 0 Å². The summed E-state index contributed by atoms with van der Waals surface area (Å²) in [5, 5.41) is 0. The van der Waals surface area contributed by atoms with Gasteiger partial charge in [0.15, 0.2) is 5.78 Å². The van der Waals surface area contributed by atoms with E-state index in [1.54, 1.807) is 18.2 Å². The second-order valence-electron chi connectivity index (χ2n) is 3.59. The summed E-state index contributed by atoms with van der Waals surface area (Å²) in [4.78, 5) is 22.3. The first-order valence-corrected chi connectivity index (χ1v) is 4.98. The van der Waals surface area contributed by atoms with Gasteiger partial charge in [0.1, 0.15) is 6.04 Å². The van der Waals surface area contributed by atoms with Gasteiger partial charge in [0.05, 0.1) is 7.11 Å². The van der Waals surface area contributed by atoms with E-state index < -0.39 is 12.0 Å². The Labute approximate surface area is 94.4 Å². The molecule has 86 valence electrons. The van der Waals surface area contributed by atoms with E-state index in [2.05, 4.69) is 4.74 Å². The number of ketones is 1. The molecule has 1 atom stereocenters. The number of ether oxygens (including phenoxy) is 1. The van der Waals surface area contributed by atoms with Gasteiger partial charge in [-0.3, -0.25) is 9.59 Å². The highest BCUT2D eigenvalue weighted by molar-refractivity contribution is 5.94. The van der Waals surface area contributed by atoms with Crippen LogP contribution in [0.25, 0.3) is 0 Å². The monoisotopic (exact) mass is 221 g/mol. The van der Waals surface area contributed by atoms with Crippen LogP contribution in [0, 0.1) is 0 Å². The van der Waals surface area contributed by atoms with Gasteiger partial charge in [0.25, 0.3) is 0 Å². The van der Waals surface area contributed by atoms with Crippen molar-refractivity contribution >= 4 is 11.8 Å². The minimum Gasteiger partial charge on any atom is -0.468 e. The Kier molecular flexibility index (Phi) is 4.19. The lowest BCUT2D eigenvalue weighted by atomic mass is 10.0. The molecule has 1 aromatic carbocycles. The molecule has 0 saturated carbocycles. The van der Waals surface area contributed by atoms with E-state index in [1.165, 1.54) is 14.0 Å². The van der Waals surface area contributed by atoms with Crippen LogP contribution < -0.4 is 5.73 Å². The minimum absolute atomic E-state index is 0.00603. The van der Waals surface area contributed by atoms with Crippen LogP contribution in [-0.4, -0.2) is 24.9 Å². The van der Waals surface area contributed by atoms with Gasteiger partial charge in [0.2, 0.25) is 0 Å². The van der Waals surface area contributed by atoms with Crippen LogP contribution in [0.1, 0.15) is 22.8 Å². The fourth-order valence-corrected chi connectivity index (χ4v) is 1.41. The highest BCUT2D eigenvalue weighted by Gasteiger charge is 2.14. The summed E-state index contributed by atoms with van der Waals surface area (Å²) in [5.41, 5.74) is 7.10. The SMILES string of the molecule is COC(=O)[C@@H](N)Cc1cccc(C(C)=O)c1. The van der Waals surface area contributed by atoms with Gasteiger partial charge >= 0.3 is 5.97 Å². The van der Waals surface area contributed by atoms with Crippen LogP contribution >= 0.6 is 0 Å². The Morgan fingerprint density at radius 1 is 1.44 bits per heavy atom. The molecule has 16 heavy (non-hydrogen) atoms. The standard InChI is InChI=1S/C12H15NO3/c1-8(14)10-5-3-4-9(6-10)7-11(13)12(15)16-2/h3-6,11H,7,13H2,1-2H3/t11-/m0/s1. The average Bonchev–Trinajstić information content (AvgIpc) is 2.28. The summed E-state index contributed by atoms with van der Waals surface area (Å²) < 4.78 is 4.53. The number of methoxy groups -OCH3 is 1. The molecule has 0 aliphatic heterocycles. The van der Waals surface area contributed by atoms with Gasteiger partial charge in [-0.05, 0) is 25.0 Å². The van der Waals surface area contributed by atoms with Crippen LogP contribution in [0.5, 0.6) is 0 Å². The largest absolute Gasteiger partial charge is 0.468 e. The van der Waals surface area contributed by atoms with E-state index in [1.807, 2.05) is 6.07 Å². The summed E-state index contributed by atoms with van der Waals surface area (Å²) in [5.74, 6) is -0.457. The Balaban J connectivity index is 2.78. The van der Waals surface area contributed by atoms with Crippen molar-refractivity contribution in [1.29, 1.82) is 0 Å². The molecular formula is C12H15NO3. The third-order valence-electron chi connectivity index (χ3n) is 2.29. The van der Waals surface area contributed by atoms with Gasteiger partial charge in [-0.1, -0.05) is 18.2 Å². The van der Waals surface area contributed by atoms with Crippen LogP contribution in [-0.2, 0) is 16.0 Å². The lowest BCUT2D eigenvalue weighted by molar-refractivity contribution is -0.142. The summed E-state index contributed by atoms with van der Waals surface area (Å²) in [6.45, 7) is 1.50. The predicted molar refractivity (Wildman–Crippen MR) is 60.1 cm³/mol. The molecule has 4 heteroatoms. The molecule has 0 amide bonds. The van der Waals surface area contributed by atoms with E-state index in [4.69, 9.17) is 5.73 Å². The van der Waals surface area contributed by atoms with Crippen molar-refractivity contribution in [3.8, 4) is 0 Å². The summed E-state index contributed by atoms with van der Waals surface area (Å²) in [6, 6.07) is 6.39. The number of carbonyl (C=O) groups is 2. The fourth-order valence-electron chi connectivity index (χ4n) is 1.41. The molecule has 1 aromatic rings. The second-order valence-corrected chi connectivity index (χ2v) is 3.59. The molecule has 0 aromatic heterocycles. The lowest BCUT2D eigenvalue weighted by Gasteiger charge is -2.09. The summed E-state index contributed by atoms with van der Waals surface area (Å²) in [6.07, 6.45) is 0.369. The molecule has 2 N–H and O–H groups in total. The predicted octanol–water partition coefficient (Wildman–Crippen LogP) is 0.932. The highest BCUT2D eigenvalue weighted by atomic mass is 16.5. The van der Waals surface area contributed by atoms with Crippen LogP contribution in [0.15, 0.2) is 24.3 Å². The maximum Gasteiger partial charge on any atom is 0.322 e. The maximum atomic E-state index is 11.2.